The van der Waals surface area contributed by atoms with Gasteiger partial charge in [0.15, 0.2) is 11.6 Å². The summed E-state index contributed by atoms with van der Waals surface area (Å²) in [6.45, 7) is 4.03. The molecule has 1 nitrogen and oxygen atoms in total. The number of nitrogens with one attached hydrogen (secondary N) is 1. The number of benzene rings is 2. The van der Waals surface area contributed by atoms with Gasteiger partial charge in [0.25, 0.3) is 0 Å². The Hall–Kier alpha value is -1.90. The van der Waals surface area contributed by atoms with Crippen LogP contribution in [0.4, 0.5) is 14.5 Å². The molecule has 100 valence electrons. The zero-order valence-electron chi connectivity index (χ0n) is 11.1. The highest BCUT2D eigenvalue weighted by atomic mass is 19.2. The van der Waals surface area contributed by atoms with Crippen molar-refractivity contribution in [3.63, 3.8) is 0 Å². The van der Waals surface area contributed by atoms with Gasteiger partial charge in [-0.2, -0.15) is 0 Å². The van der Waals surface area contributed by atoms with Crippen molar-refractivity contribution < 1.29 is 8.78 Å². The van der Waals surface area contributed by atoms with Gasteiger partial charge in [-0.1, -0.05) is 42.8 Å². The average Bonchev–Trinajstić information content (AvgIpc) is 2.42. The van der Waals surface area contributed by atoms with Gasteiger partial charge in [-0.25, -0.2) is 8.78 Å². The second-order valence-electron chi connectivity index (χ2n) is 4.62. The normalized spacial score (nSPS) is 12.2. The van der Waals surface area contributed by atoms with Crippen LogP contribution in [0.2, 0.25) is 0 Å². The average molecular weight is 261 g/mol. The summed E-state index contributed by atoms with van der Waals surface area (Å²) in [5, 5.41) is 3.06. The lowest BCUT2D eigenvalue weighted by Gasteiger charge is -2.19. The molecule has 2 rings (SSSR count). The van der Waals surface area contributed by atoms with Crippen LogP contribution >= 0.6 is 0 Å². The Morgan fingerprint density at radius 3 is 2.37 bits per heavy atom. The molecule has 0 amide bonds. The number of rotatable bonds is 4. The fourth-order valence-electron chi connectivity index (χ4n) is 2.02. The van der Waals surface area contributed by atoms with E-state index in [0.29, 0.717) is 0 Å². The van der Waals surface area contributed by atoms with Crippen LogP contribution in [0.25, 0.3) is 0 Å². The molecular weight excluding hydrogens is 244 g/mol. The van der Waals surface area contributed by atoms with E-state index in [0.717, 1.165) is 18.1 Å². The van der Waals surface area contributed by atoms with Gasteiger partial charge in [0.2, 0.25) is 0 Å². The summed E-state index contributed by atoms with van der Waals surface area (Å²) in [6.07, 6.45) is 0.791. The molecular formula is C16H17F2N. The standard InChI is InChI=1S/C16H17F2N/c1-3-14(12-9-7-11(2)8-10-12)19-15-6-4-5-13(17)16(15)18/h4-10,14,19H,3H2,1-2H3. The fraction of sp³-hybridized carbons (Fsp3) is 0.250. The first-order valence-corrected chi connectivity index (χ1v) is 6.39. The summed E-state index contributed by atoms with van der Waals surface area (Å²) >= 11 is 0. The highest BCUT2D eigenvalue weighted by Crippen LogP contribution is 2.25. The second-order valence-corrected chi connectivity index (χ2v) is 4.62. The molecule has 1 atom stereocenters. The van der Waals surface area contributed by atoms with Crippen LogP contribution in [0.1, 0.15) is 30.5 Å². The minimum absolute atomic E-state index is 0.0306. The van der Waals surface area contributed by atoms with E-state index in [9.17, 15) is 8.78 Å². The van der Waals surface area contributed by atoms with E-state index in [1.165, 1.54) is 11.6 Å². The van der Waals surface area contributed by atoms with Gasteiger partial charge in [0, 0.05) is 0 Å². The monoisotopic (exact) mass is 261 g/mol. The first kappa shape index (κ1) is 13.5. The summed E-state index contributed by atoms with van der Waals surface area (Å²) in [5.41, 5.74) is 2.44. The molecule has 2 aromatic rings. The van der Waals surface area contributed by atoms with Crippen molar-refractivity contribution in [3.8, 4) is 0 Å². The zero-order chi connectivity index (χ0) is 13.8. The smallest absolute Gasteiger partial charge is 0.181 e. The number of halogens is 2. The van der Waals surface area contributed by atoms with E-state index in [1.807, 2.05) is 38.1 Å². The molecule has 0 aliphatic heterocycles. The Kier molecular flexibility index (Phi) is 4.15. The van der Waals surface area contributed by atoms with Gasteiger partial charge in [-0.05, 0) is 31.0 Å². The Morgan fingerprint density at radius 2 is 1.74 bits per heavy atom. The maximum atomic E-state index is 13.6. The Labute approximate surface area is 112 Å². The molecule has 0 fully saturated rings. The van der Waals surface area contributed by atoms with Crippen LogP contribution < -0.4 is 5.32 Å². The molecule has 0 saturated heterocycles. The molecule has 1 unspecified atom stereocenters. The third-order valence-electron chi connectivity index (χ3n) is 3.17. The maximum absolute atomic E-state index is 13.6. The summed E-state index contributed by atoms with van der Waals surface area (Å²) < 4.78 is 26.8. The third kappa shape index (κ3) is 3.11. The molecule has 0 aromatic heterocycles. The maximum Gasteiger partial charge on any atom is 0.181 e. The largest absolute Gasteiger partial charge is 0.376 e. The highest BCUT2D eigenvalue weighted by Gasteiger charge is 2.13. The number of anilines is 1. The molecule has 19 heavy (non-hydrogen) atoms. The summed E-state index contributed by atoms with van der Waals surface area (Å²) in [7, 11) is 0. The van der Waals surface area contributed by atoms with Crippen LogP contribution in [-0.2, 0) is 0 Å². The molecule has 0 aliphatic carbocycles. The minimum Gasteiger partial charge on any atom is -0.376 e. The van der Waals surface area contributed by atoms with E-state index in [4.69, 9.17) is 0 Å². The van der Waals surface area contributed by atoms with E-state index in [1.54, 1.807) is 6.07 Å². The van der Waals surface area contributed by atoms with Gasteiger partial charge in [-0.15, -0.1) is 0 Å². The van der Waals surface area contributed by atoms with E-state index >= 15 is 0 Å². The van der Waals surface area contributed by atoms with Crippen LogP contribution in [-0.4, -0.2) is 0 Å². The molecule has 0 saturated carbocycles. The molecule has 0 radical (unpaired) electrons. The SMILES string of the molecule is CCC(Nc1cccc(F)c1F)c1ccc(C)cc1. The lowest BCUT2D eigenvalue weighted by Crippen LogP contribution is -2.11. The zero-order valence-corrected chi connectivity index (χ0v) is 11.1. The number of aryl methyl sites for hydroxylation is 1. The molecule has 0 bridgehead atoms. The van der Waals surface area contributed by atoms with Crippen LogP contribution in [0.5, 0.6) is 0 Å². The second kappa shape index (κ2) is 5.83. The lowest BCUT2D eigenvalue weighted by molar-refractivity contribution is 0.509. The number of hydrogen-bond acceptors (Lipinski definition) is 1. The predicted molar refractivity (Wildman–Crippen MR) is 74.2 cm³/mol. The van der Waals surface area contributed by atoms with E-state index < -0.39 is 11.6 Å². The van der Waals surface area contributed by atoms with Crippen molar-refractivity contribution in [2.24, 2.45) is 0 Å². The predicted octanol–water partition coefficient (Wildman–Crippen LogP) is 4.84. The van der Waals surface area contributed by atoms with Crippen LogP contribution in [0.15, 0.2) is 42.5 Å². The van der Waals surface area contributed by atoms with Gasteiger partial charge < -0.3 is 5.32 Å². The summed E-state index contributed by atoms with van der Waals surface area (Å²) in [6, 6.07) is 12.2. The highest BCUT2D eigenvalue weighted by molar-refractivity contribution is 5.47. The van der Waals surface area contributed by atoms with Gasteiger partial charge in [-0.3, -0.25) is 0 Å². The van der Waals surface area contributed by atoms with Crippen molar-refractivity contribution in [1.82, 2.24) is 0 Å². The fourth-order valence-corrected chi connectivity index (χ4v) is 2.02. The topological polar surface area (TPSA) is 12.0 Å². The van der Waals surface area contributed by atoms with E-state index in [-0.39, 0.29) is 11.7 Å². The van der Waals surface area contributed by atoms with Crippen molar-refractivity contribution in [3.05, 3.63) is 65.2 Å². The Morgan fingerprint density at radius 1 is 1.05 bits per heavy atom. The Bertz CT molecular complexity index is 549. The summed E-state index contributed by atoms with van der Waals surface area (Å²) in [4.78, 5) is 0. The molecule has 3 heteroatoms. The summed E-state index contributed by atoms with van der Waals surface area (Å²) in [5.74, 6) is -1.66. The molecule has 0 heterocycles. The first-order valence-electron chi connectivity index (χ1n) is 6.39. The molecule has 1 N–H and O–H groups in total. The minimum atomic E-state index is -0.830. The van der Waals surface area contributed by atoms with Crippen molar-refractivity contribution in [1.29, 1.82) is 0 Å². The molecule has 0 aliphatic rings. The van der Waals surface area contributed by atoms with E-state index in [2.05, 4.69) is 5.32 Å². The lowest BCUT2D eigenvalue weighted by atomic mass is 10.0. The first-order chi connectivity index (χ1) is 9.11. The quantitative estimate of drug-likeness (QED) is 0.830. The van der Waals surface area contributed by atoms with Gasteiger partial charge >= 0.3 is 0 Å². The van der Waals surface area contributed by atoms with Gasteiger partial charge in [0.1, 0.15) is 0 Å². The van der Waals surface area contributed by atoms with Crippen molar-refractivity contribution >= 4 is 5.69 Å². The van der Waals surface area contributed by atoms with Crippen LogP contribution in [0.3, 0.4) is 0 Å². The van der Waals surface area contributed by atoms with Crippen molar-refractivity contribution in [2.45, 2.75) is 26.3 Å². The van der Waals surface area contributed by atoms with Crippen LogP contribution in [0, 0.1) is 18.6 Å². The van der Waals surface area contributed by atoms with Gasteiger partial charge in [0.05, 0.1) is 11.7 Å². The Balaban J connectivity index is 2.24. The molecule has 2 aromatic carbocycles. The van der Waals surface area contributed by atoms with Crippen molar-refractivity contribution in [2.75, 3.05) is 5.32 Å². The molecule has 0 spiro atoms. The third-order valence-corrected chi connectivity index (χ3v) is 3.17. The number of hydrogen-bond donors (Lipinski definition) is 1.